The average molecular weight is 191 g/mol. The number of hydrogen-bond donors (Lipinski definition) is 0. The number of hydrogen-bond acceptors (Lipinski definition) is 2. The molecule has 0 aromatic rings. The van der Waals surface area contributed by atoms with E-state index < -0.39 is 0 Å². The zero-order chi connectivity index (χ0) is 9.42. The Balaban J connectivity index is 2.24. The van der Waals surface area contributed by atoms with Gasteiger partial charge in [0.05, 0.1) is 6.07 Å². The van der Waals surface area contributed by atoms with Crippen LogP contribution in [0.15, 0.2) is 22.1 Å². The van der Waals surface area contributed by atoms with Crippen molar-refractivity contribution in [2.24, 2.45) is 11.8 Å². The largest absolute Gasteiger partial charge is 0.193 e. The Morgan fingerprint density at radius 1 is 1.54 bits per heavy atom. The molecule has 2 unspecified atom stereocenters. The van der Waals surface area contributed by atoms with Crippen molar-refractivity contribution in [2.75, 3.05) is 6.26 Å². The zero-order valence-corrected chi connectivity index (χ0v) is 8.82. The van der Waals surface area contributed by atoms with Crippen molar-refractivity contribution in [2.45, 2.75) is 19.8 Å². The molecule has 0 N–H and O–H groups in total. The lowest BCUT2D eigenvalue weighted by Gasteiger charge is -2.11. The molecular weight excluding hydrogens is 178 g/mol. The summed E-state index contributed by atoms with van der Waals surface area (Å²) in [5.74, 6) is 1.17. The summed E-state index contributed by atoms with van der Waals surface area (Å²) in [4.78, 5) is 1.51. The number of nitriles is 1. The van der Waals surface area contributed by atoms with E-state index in [-0.39, 0.29) is 0 Å². The Morgan fingerprint density at radius 3 is 2.92 bits per heavy atom. The topological polar surface area (TPSA) is 23.8 Å². The Hall–Kier alpha value is -0.680. The second-order valence-electron chi connectivity index (χ2n) is 3.73. The van der Waals surface area contributed by atoms with E-state index in [9.17, 15) is 0 Å². The molecule has 2 atom stereocenters. The van der Waals surface area contributed by atoms with Crippen molar-refractivity contribution in [3.8, 4) is 6.07 Å². The molecule has 0 aromatic carbocycles. The monoisotopic (exact) mass is 191 g/mol. The highest BCUT2D eigenvalue weighted by Crippen LogP contribution is 2.49. The molecule has 0 amide bonds. The lowest BCUT2D eigenvalue weighted by molar-refractivity contribution is 0.519. The maximum Gasteiger partial charge on any atom is 0.0947 e. The van der Waals surface area contributed by atoms with Gasteiger partial charge in [0.1, 0.15) is 0 Å². The molecule has 0 bridgehead atoms. The molecule has 0 saturated carbocycles. The van der Waals surface area contributed by atoms with Gasteiger partial charge in [-0.2, -0.15) is 5.26 Å². The highest BCUT2D eigenvalue weighted by Gasteiger charge is 2.37. The number of fused-ring (bicyclic) bond motifs is 1. The highest BCUT2D eigenvalue weighted by atomic mass is 32.2. The van der Waals surface area contributed by atoms with Crippen molar-refractivity contribution in [3.05, 3.63) is 22.1 Å². The Morgan fingerprint density at radius 2 is 2.31 bits per heavy atom. The van der Waals surface area contributed by atoms with Gasteiger partial charge >= 0.3 is 0 Å². The summed E-state index contributed by atoms with van der Waals surface area (Å²) >= 11 is 1.85. The van der Waals surface area contributed by atoms with Crippen LogP contribution in [0, 0.1) is 23.2 Å². The minimum absolute atomic E-state index is 0.521. The first-order valence-electron chi connectivity index (χ1n) is 4.61. The molecule has 0 fully saturated rings. The Bertz CT molecular complexity index is 332. The molecule has 1 nitrogen and oxygen atoms in total. The summed E-state index contributed by atoms with van der Waals surface area (Å²) in [7, 11) is 0. The minimum Gasteiger partial charge on any atom is -0.193 e. The average Bonchev–Trinajstić information content (AvgIpc) is 2.66. The maximum absolute atomic E-state index is 8.91. The van der Waals surface area contributed by atoms with E-state index in [0.717, 1.165) is 18.4 Å². The van der Waals surface area contributed by atoms with E-state index in [1.807, 2.05) is 11.8 Å². The summed E-state index contributed by atoms with van der Waals surface area (Å²) < 4.78 is 0. The van der Waals surface area contributed by atoms with Crippen LogP contribution in [0.2, 0.25) is 0 Å². The van der Waals surface area contributed by atoms with Gasteiger partial charge in [-0.1, -0.05) is 11.6 Å². The first kappa shape index (κ1) is 8.90. The normalized spacial score (nSPS) is 31.6. The second kappa shape index (κ2) is 3.23. The molecule has 0 saturated heterocycles. The Kier molecular flexibility index (Phi) is 2.21. The second-order valence-corrected chi connectivity index (χ2v) is 4.64. The van der Waals surface area contributed by atoms with Crippen molar-refractivity contribution >= 4 is 11.8 Å². The van der Waals surface area contributed by atoms with Crippen molar-refractivity contribution in [1.82, 2.24) is 0 Å². The van der Waals surface area contributed by atoms with E-state index in [2.05, 4.69) is 25.3 Å². The van der Waals surface area contributed by atoms with Crippen LogP contribution in [0.5, 0.6) is 0 Å². The SMILES string of the molecule is CSC1=C(C)C2CC=C(C#N)C2C1. The van der Waals surface area contributed by atoms with Crippen LogP contribution < -0.4 is 0 Å². The third kappa shape index (κ3) is 1.23. The first-order chi connectivity index (χ1) is 6.27. The molecule has 0 aliphatic heterocycles. The van der Waals surface area contributed by atoms with Crippen LogP contribution in [0.1, 0.15) is 19.8 Å². The smallest absolute Gasteiger partial charge is 0.0947 e. The van der Waals surface area contributed by atoms with Crippen LogP contribution in [0.25, 0.3) is 0 Å². The predicted octanol–water partition coefficient (Wildman–Crippen LogP) is 3.11. The lowest BCUT2D eigenvalue weighted by Crippen LogP contribution is -2.04. The van der Waals surface area contributed by atoms with E-state index in [0.29, 0.717) is 11.8 Å². The van der Waals surface area contributed by atoms with Gasteiger partial charge in [0, 0.05) is 11.5 Å². The summed E-state index contributed by atoms with van der Waals surface area (Å²) in [6.45, 7) is 2.23. The summed E-state index contributed by atoms with van der Waals surface area (Å²) in [5, 5.41) is 8.91. The minimum atomic E-state index is 0.521. The van der Waals surface area contributed by atoms with Gasteiger partial charge < -0.3 is 0 Å². The fraction of sp³-hybridized carbons (Fsp3) is 0.545. The predicted molar refractivity (Wildman–Crippen MR) is 56.1 cm³/mol. The van der Waals surface area contributed by atoms with E-state index in [1.165, 1.54) is 10.5 Å². The van der Waals surface area contributed by atoms with Crippen LogP contribution in [-0.2, 0) is 0 Å². The number of allylic oxidation sites excluding steroid dienone is 4. The Labute approximate surface area is 83.5 Å². The molecular formula is C11H13NS. The molecule has 0 aromatic heterocycles. The number of nitrogens with zero attached hydrogens (tertiary/aromatic N) is 1. The molecule has 0 spiro atoms. The summed E-state index contributed by atoms with van der Waals surface area (Å²) in [6, 6.07) is 2.33. The fourth-order valence-electron chi connectivity index (χ4n) is 2.46. The van der Waals surface area contributed by atoms with Crippen LogP contribution in [-0.4, -0.2) is 6.26 Å². The standard InChI is InChI=1S/C11H13NS/c1-7-9-4-3-8(6-12)10(9)5-11(7)13-2/h3,9-10H,4-5H2,1-2H3. The van der Waals surface area contributed by atoms with E-state index in [1.54, 1.807) is 0 Å². The molecule has 0 radical (unpaired) electrons. The van der Waals surface area contributed by atoms with Crippen LogP contribution in [0.3, 0.4) is 0 Å². The number of thioether (sulfide) groups is 1. The zero-order valence-electron chi connectivity index (χ0n) is 8.00. The third-order valence-corrected chi connectivity index (χ3v) is 4.24. The van der Waals surface area contributed by atoms with Crippen molar-refractivity contribution in [3.63, 3.8) is 0 Å². The van der Waals surface area contributed by atoms with Crippen molar-refractivity contribution in [1.29, 1.82) is 5.26 Å². The van der Waals surface area contributed by atoms with Crippen molar-refractivity contribution < 1.29 is 0 Å². The molecule has 13 heavy (non-hydrogen) atoms. The van der Waals surface area contributed by atoms with Gasteiger partial charge in [-0.15, -0.1) is 11.8 Å². The molecule has 2 aliphatic rings. The molecule has 2 aliphatic carbocycles. The van der Waals surface area contributed by atoms with Gasteiger partial charge in [-0.3, -0.25) is 0 Å². The first-order valence-corrected chi connectivity index (χ1v) is 5.84. The lowest BCUT2D eigenvalue weighted by atomic mass is 9.91. The fourth-order valence-corrected chi connectivity index (χ4v) is 3.28. The maximum atomic E-state index is 8.91. The summed E-state index contributed by atoms with van der Waals surface area (Å²) in [5.41, 5.74) is 2.55. The molecule has 2 rings (SSSR count). The molecule has 68 valence electrons. The molecule has 2 heteroatoms. The van der Waals surface area contributed by atoms with Crippen LogP contribution in [0.4, 0.5) is 0 Å². The van der Waals surface area contributed by atoms with E-state index in [4.69, 9.17) is 5.26 Å². The number of rotatable bonds is 1. The quantitative estimate of drug-likeness (QED) is 0.636. The highest BCUT2D eigenvalue weighted by molar-refractivity contribution is 8.02. The van der Waals surface area contributed by atoms with Gasteiger partial charge in [0.25, 0.3) is 0 Å². The summed E-state index contributed by atoms with van der Waals surface area (Å²) in [6.07, 6.45) is 6.45. The molecule has 0 heterocycles. The van der Waals surface area contributed by atoms with Gasteiger partial charge in [-0.25, -0.2) is 0 Å². The third-order valence-electron chi connectivity index (χ3n) is 3.25. The van der Waals surface area contributed by atoms with Crippen LogP contribution >= 0.6 is 11.8 Å². The van der Waals surface area contributed by atoms with Gasteiger partial charge in [0.15, 0.2) is 0 Å². The van der Waals surface area contributed by atoms with E-state index >= 15 is 0 Å². The van der Waals surface area contributed by atoms with Gasteiger partial charge in [0.2, 0.25) is 0 Å². The van der Waals surface area contributed by atoms with Gasteiger partial charge in [-0.05, 0) is 36.8 Å².